The third kappa shape index (κ3) is 3.95. The quantitative estimate of drug-likeness (QED) is 0.860. The molecule has 0 unspecified atom stereocenters. The van der Waals surface area contributed by atoms with E-state index in [0.717, 1.165) is 19.3 Å². The largest absolute Gasteiger partial charge is 0.342 e. The third-order valence-electron chi connectivity index (χ3n) is 5.68. The van der Waals surface area contributed by atoms with Gasteiger partial charge in [-0.15, -0.1) is 0 Å². The predicted molar refractivity (Wildman–Crippen MR) is 104 cm³/mol. The van der Waals surface area contributed by atoms with E-state index in [1.807, 2.05) is 4.90 Å². The lowest BCUT2D eigenvalue weighted by Gasteiger charge is -2.31. The Labute approximate surface area is 163 Å². The number of rotatable bonds is 4. The minimum absolute atomic E-state index is 0.0328. The molecule has 1 saturated carbocycles. The molecule has 1 aromatic rings. The molecular formula is C20H24ClN3O3. The molecule has 2 aliphatic heterocycles. The maximum absolute atomic E-state index is 12.6. The summed E-state index contributed by atoms with van der Waals surface area (Å²) in [5.41, 5.74) is 1.33. The number of nitrogens with zero attached hydrogens (tertiary/aromatic N) is 2. The van der Waals surface area contributed by atoms with Gasteiger partial charge in [0.2, 0.25) is 17.7 Å². The minimum Gasteiger partial charge on any atom is -0.342 e. The Bertz CT molecular complexity index is 770. The van der Waals surface area contributed by atoms with Gasteiger partial charge in [-0.25, -0.2) is 0 Å². The number of benzene rings is 1. The zero-order chi connectivity index (χ0) is 19.0. The highest BCUT2D eigenvalue weighted by atomic mass is 35.5. The lowest BCUT2D eigenvalue weighted by Crippen LogP contribution is -2.42. The first-order valence-electron chi connectivity index (χ1n) is 9.72. The van der Waals surface area contributed by atoms with Crippen molar-refractivity contribution in [3.8, 4) is 0 Å². The van der Waals surface area contributed by atoms with Crippen LogP contribution in [-0.4, -0.2) is 42.3 Å². The first-order valence-corrected chi connectivity index (χ1v) is 10.1. The van der Waals surface area contributed by atoms with Crippen molar-refractivity contribution in [2.24, 2.45) is 11.8 Å². The molecule has 0 bridgehead atoms. The molecule has 144 valence electrons. The molecule has 0 spiro atoms. The lowest BCUT2D eigenvalue weighted by atomic mass is 9.95. The molecular weight excluding hydrogens is 366 g/mol. The van der Waals surface area contributed by atoms with E-state index < -0.39 is 0 Å². The van der Waals surface area contributed by atoms with Gasteiger partial charge in [-0.1, -0.05) is 11.6 Å². The smallest absolute Gasteiger partial charge is 0.227 e. The molecule has 0 atom stereocenters. The molecule has 2 saturated heterocycles. The summed E-state index contributed by atoms with van der Waals surface area (Å²) in [6, 6.07) is 5.28. The van der Waals surface area contributed by atoms with Crippen molar-refractivity contribution < 1.29 is 14.4 Å². The molecule has 3 fully saturated rings. The van der Waals surface area contributed by atoms with Crippen LogP contribution in [0, 0.1) is 11.8 Å². The maximum Gasteiger partial charge on any atom is 0.227 e. The number of amides is 3. The van der Waals surface area contributed by atoms with Gasteiger partial charge in [0, 0.05) is 43.6 Å². The Morgan fingerprint density at radius 3 is 2.37 bits per heavy atom. The summed E-state index contributed by atoms with van der Waals surface area (Å²) in [6.07, 6.45) is 4.81. The summed E-state index contributed by atoms with van der Waals surface area (Å²) in [5.74, 6) is 0.453. The van der Waals surface area contributed by atoms with E-state index in [1.54, 1.807) is 23.1 Å². The summed E-state index contributed by atoms with van der Waals surface area (Å²) >= 11 is 6.34. The van der Waals surface area contributed by atoms with Gasteiger partial charge in [0.05, 0.1) is 10.7 Å². The summed E-state index contributed by atoms with van der Waals surface area (Å²) in [6.45, 7) is 2.00. The van der Waals surface area contributed by atoms with Crippen molar-refractivity contribution in [2.45, 2.75) is 38.5 Å². The van der Waals surface area contributed by atoms with Crippen LogP contribution in [-0.2, 0) is 14.4 Å². The number of piperidine rings is 1. The van der Waals surface area contributed by atoms with Crippen LogP contribution >= 0.6 is 11.6 Å². The van der Waals surface area contributed by atoms with Crippen LogP contribution in [0.15, 0.2) is 18.2 Å². The van der Waals surface area contributed by atoms with Gasteiger partial charge in [0.25, 0.3) is 0 Å². The van der Waals surface area contributed by atoms with E-state index in [2.05, 4.69) is 5.32 Å². The number of carbonyl (C=O) groups is 3. The summed E-state index contributed by atoms with van der Waals surface area (Å²) < 4.78 is 0. The molecule has 6 nitrogen and oxygen atoms in total. The number of hydrogen-bond acceptors (Lipinski definition) is 3. The highest BCUT2D eigenvalue weighted by molar-refractivity contribution is 6.34. The number of anilines is 2. The Balaban J connectivity index is 1.33. The fourth-order valence-corrected chi connectivity index (χ4v) is 4.18. The van der Waals surface area contributed by atoms with Crippen molar-refractivity contribution in [3.05, 3.63) is 23.2 Å². The Kier molecular flexibility index (Phi) is 5.08. The van der Waals surface area contributed by atoms with Crippen LogP contribution in [0.2, 0.25) is 5.02 Å². The van der Waals surface area contributed by atoms with Gasteiger partial charge in [0.1, 0.15) is 0 Å². The maximum atomic E-state index is 12.6. The molecule has 1 N–H and O–H groups in total. The second-order valence-electron chi connectivity index (χ2n) is 7.68. The monoisotopic (exact) mass is 389 g/mol. The van der Waals surface area contributed by atoms with Gasteiger partial charge >= 0.3 is 0 Å². The zero-order valence-corrected chi connectivity index (χ0v) is 16.0. The minimum atomic E-state index is -0.0909. The van der Waals surface area contributed by atoms with Crippen molar-refractivity contribution >= 4 is 40.7 Å². The molecule has 0 aromatic heterocycles. The molecule has 27 heavy (non-hydrogen) atoms. The molecule has 7 heteroatoms. The molecule has 3 amide bonds. The van der Waals surface area contributed by atoms with Crippen LogP contribution in [0.1, 0.15) is 38.5 Å². The van der Waals surface area contributed by atoms with E-state index >= 15 is 0 Å². The summed E-state index contributed by atoms with van der Waals surface area (Å²) in [5, 5.41) is 3.40. The fourth-order valence-electron chi connectivity index (χ4n) is 3.90. The number of hydrogen-bond donors (Lipinski definition) is 1. The number of carbonyl (C=O) groups excluding carboxylic acids is 3. The van der Waals surface area contributed by atoms with Gasteiger partial charge < -0.3 is 15.1 Å². The Morgan fingerprint density at radius 1 is 1.04 bits per heavy atom. The van der Waals surface area contributed by atoms with Crippen LogP contribution in [0.4, 0.5) is 11.4 Å². The SMILES string of the molecule is O=C(Nc1ccc(N2CCCC2=O)c(Cl)c1)C1CCN(C(=O)C2CC2)CC1. The standard InChI is InChI=1S/C20H24ClN3O3/c21-16-12-15(5-6-17(16)24-9-1-2-18(24)25)22-19(26)13-7-10-23(11-8-13)20(27)14-3-4-14/h5-6,12-14H,1-4,7-11H2,(H,22,26). The molecule has 1 aliphatic carbocycles. The molecule has 2 heterocycles. The second-order valence-corrected chi connectivity index (χ2v) is 8.09. The van der Waals surface area contributed by atoms with Crippen molar-refractivity contribution in [2.75, 3.05) is 29.9 Å². The average molecular weight is 390 g/mol. The highest BCUT2D eigenvalue weighted by Crippen LogP contribution is 2.34. The second kappa shape index (κ2) is 7.50. The van der Waals surface area contributed by atoms with E-state index in [1.165, 1.54) is 0 Å². The van der Waals surface area contributed by atoms with Gasteiger partial charge in [0.15, 0.2) is 0 Å². The van der Waals surface area contributed by atoms with E-state index in [4.69, 9.17) is 11.6 Å². The fraction of sp³-hybridized carbons (Fsp3) is 0.550. The van der Waals surface area contributed by atoms with Crippen LogP contribution in [0.25, 0.3) is 0 Å². The van der Waals surface area contributed by atoms with Crippen LogP contribution in [0.3, 0.4) is 0 Å². The Morgan fingerprint density at radius 2 is 1.78 bits per heavy atom. The summed E-state index contributed by atoms with van der Waals surface area (Å²) in [7, 11) is 0. The van der Waals surface area contributed by atoms with Crippen molar-refractivity contribution in [1.29, 1.82) is 0 Å². The Hall–Kier alpha value is -2.08. The number of nitrogens with one attached hydrogen (secondary N) is 1. The molecule has 3 aliphatic rings. The van der Waals surface area contributed by atoms with E-state index in [-0.39, 0.29) is 29.6 Å². The van der Waals surface area contributed by atoms with E-state index in [0.29, 0.717) is 55.3 Å². The molecule has 4 rings (SSSR count). The highest BCUT2D eigenvalue weighted by Gasteiger charge is 2.36. The van der Waals surface area contributed by atoms with Crippen LogP contribution in [0.5, 0.6) is 0 Å². The zero-order valence-electron chi connectivity index (χ0n) is 15.2. The van der Waals surface area contributed by atoms with Crippen molar-refractivity contribution in [1.82, 2.24) is 4.90 Å². The third-order valence-corrected chi connectivity index (χ3v) is 5.99. The first-order chi connectivity index (χ1) is 13.0. The number of likely N-dealkylation sites (tertiary alicyclic amines) is 1. The molecule has 1 aromatic carbocycles. The lowest BCUT2D eigenvalue weighted by molar-refractivity contribution is -0.135. The average Bonchev–Trinajstić information content (AvgIpc) is 3.43. The first kappa shape index (κ1) is 18.3. The topological polar surface area (TPSA) is 69.7 Å². The van der Waals surface area contributed by atoms with Gasteiger partial charge in [-0.3, -0.25) is 14.4 Å². The molecule has 0 radical (unpaired) electrons. The normalized spacial score (nSPS) is 20.9. The van der Waals surface area contributed by atoms with Crippen molar-refractivity contribution in [3.63, 3.8) is 0 Å². The summed E-state index contributed by atoms with van der Waals surface area (Å²) in [4.78, 5) is 40.2. The van der Waals surface area contributed by atoms with Crippen LogP contribution < -0.4 is 10.2 Å². The number of halogens is 1. The predicted octanol–water partition coefficient (Wildman–Crippen LogP) is 3.05. The van der Waals surface area contributed by atoms with Gasteiger partial charge in [-0.05, 0) is 50.3 Å². The van der Waals surface area contributed by atoms with Gasteiger partial charge in [-0.2, -0.15) is 0 Å². The van der Waals surface area contributed by atoms with E-state index in [9.17, 15) is 14.4 Å².